The van der Waals surface area contributed by atoms with Gasteiger partial charge in [0.05, 0.1) is 10.6 Å². The third-order valence-corrected chi connectivity index (χ3v) is 7.50. The molecule has 0 spiro atoms. The molecule has 31 heavy (non-hydrogen) atoms. The summed E-state index contributed by atoms with van der Waals surface area (Å²) in [7, 11) is -2.93. The Bertz CT molecular complexity index is 1260. The van der Waals surface area contributed by atoms with Gasteiger partial charge in [-0.3, -0.25) is 29.2 Å². The molecule has 0 aromatic heterocycles. The monoisotopic (exact) mass is 522 g/mol. The number of amides is 2. The van der Waals surface area contributed by atoms with Crippen LogP contribution in [0.4, 0.5) is 5.69 Å². The Morgan fingerprint density at radius 2 is 1.87 bits per heavy atom. The summed E-state index contributed by atoms with van der Waals surface area (Å²) < 4.78 is 27.0. The van der Waals surface area contributed by atoms with Crippen molar-refractivity contribution in [2.45, 2.75) is 4.90 Å². The molecule has 1 fully saturated rings. The number of fused-ring (bicyclic) bond motifs is 1. The predicted octanol–water partition coefficient (Wildman–Crippen LogP) is 1.97. The van der Waals surface area contributed by atoms with Gasteiger partial charge in [-0.05, 0) is 42.5 Å². The number of likely N-dealkylation sites (N-methyl/N-ethyl adjacent to an activating group) is 1. The van der Waals surface area contributed by atoms with E-state index in [9.17, 15) is 23.1 Å². The van der Waals surface area contributed by atoms with Gasteiger partial charge in [-0.15, -0.1) is 0 Å². The summed E-state index contributed by atoms with van der Waals surface area (Å²) in [6, 6.07) is 13.0. The smallest absolute Gasteiger partial charge is 0.291 e. The number of anilines is 1. The van der Waals surface area contributed by atoms with E-state index in [-0.39, 0.29) is 28.0 Å². The molecule has 0 unspecified atom stereocenters. The number of carbonyl (C=O) groups excluding carboxylic acids is 2. The first kappa shape index (κ1) is 21.3. The molecule has 4 rings (SSSR count). The van der Waals surface area contributed by atoms with E-state index in [1.54, 1.807) is 36.4 Å². The molecule has 0 bridgehead atoms. The van der Waals surface area contributed by atoms with Gasteiger partial charge in [0, 0.05) is 17.1 Å². The second-order valence-corrected chi connectivity index (χ2v) is 9.90. The van der Waals surface area contributed by atoms with E-state index in [4.69, 9.17) is 12.2 Å². The molecule has 2 heterocycles. The standard InChI is InChI=1S/C19H15BrN4O5S2/c1-22-16(17(26)13-8-7-11(20)9-14(13)31(22,28)29)18(27)21-23-10-15(25)24(19(23)30)12-5-3-2-4-6-12/h2-9,26H,10H2,1H3,(H,21,27). The van der Waals surface area contributed by atoms with Crippen LogP contribution in [0.3, 0.4) is 0 Å². The summed E-state index contributed by atoms with van der Waals surface area (Å²) >= 11 is 8.53. The van der Waals surface area contributed by atoms with E-state index in [2.05, 4.69) is 21.4 Å². The first-order valence-corrected chi connectivity index (χ1v) is 11.5. The van der Waals surface area contributed by atoms with Crippen LogP contribution in [0.5, 0.6) is 0 Å². The molecule has 160 valence electrons. The topological polar surface area (TPSA) is 110 Å². The number of sulfonamides is 1. The number of hydrogen-bond donors (Lipinski definition) is 2. The van der Waals surface area contributed by atoms with Crippen LogP contribution in [-0.2, 0) is 19.6 Å². The molecule has 2 aromatic rings. The van der Waals surface area contributed by atoms with Crippen LogP contribution in [0.1, 0.15) is 5.56 Å². The van der Waals surface area contributed by atoms with Crippen LogP contribution < -0.4 is 10.3 Å². The molecule has 2 N–H and O–H groups in total. The minimum absolute atomic E-state index is 0.00237. The summed E-state index contributed by atoms with van der Waals surface area (Å²) in [5.41, 5.74) is 2.48. The zero-order valence-electron chi connectivity index (χ0n) is 15.9. The third-order valence-electron chi connectivity index (χ3n) is 4.81. The predicted molar refractivity (Wildman–Crippen MR) is 120 cm³/mol. The van der Waals surface area contributed by atoms with Gasteiger partial charge in [-0.1, -0.05) is 34.1 Å². The zero-order valence-corrected chi connectivity index (χ0v) is 19.2. The molecule has 2 amide bonds. The van der Waals surface area contributed by atoms with Gasteiger partial charge in [0.25, 0.3) is 21.8 Å². The first-order valence-electron chi connectivity index (χ1n) is 8.85. The van der Waals surface area contributed by atoms with Crippen LogP contribution in [0.15, 0.2) is 63.6 Å². The normalized spacial score (nSPS) is 17.8. The zero-order chi connectivity index (χ0) is 22.5. The van der Waals surface area contributed by atoms with Crippen LogP contribution in [0.2, 0.25) is 0 Å². The van der Waals surface area contributed by atoms with Gasteiger partial charge in [0.15, 0.2) is 11.5 Å². The Morgan fingerprint density at radius 1 is 1.19 bits per heavy atom. The lowest BCUT2D eigenvalue weighted by molar-refractivity contribution is -0.122. The number of carbonyl (C=O) groups is 2. The number of aliphatic hydroxyl groups excluding tert-OH is 1. The first-order chi connectivity index (χ1) is 14.6. The Labute approximate surface area is 191 Å². The Morgan fingerprint density at radius 3 is 2.55 bits per heavy atom. The van der Waals surface area contributed by atoms with Gasteiger partial charge in [-0.25, -0.2) is 8.42 Å². The lowest BCUT2D eigenvalue weighted by Gasteiger charge is -2.30. The molecule has 0 aliphatic carbocycles. The average Bonchev–Trinajstić information content (AvgIpc) is 3.00. The van der Waals surface area contributed by atoms with Gasteiger partial charge in [0.1, 0.15) is 6.54 Å². The highest BCUT2D eigenvalue weighted by Crippen LogP contribution is 2.36. The Kier molecular flexibility index (Phi) is 5.23. The Hall–Kier alpha value is -2.96. The quantitative estimate of drug-likeness (QED) is 0.593. The largest absolute Gasteiger partial charge is 0.505 e. The van der Waals surface area contributed by atoms with Crippen molar-refractivity contribution in [3.63, 3.8) is 0 Å². The summed E-state index contributed by atoms with van der Waals surface area (Å²) in [5, 5.41) is 11.8. The van der Waals surface area contributed by atoms with E-state index >= 15 is 0 Å². The van der Waals surface area contributed by atoms with E-state index < -0.39 is 27.4 Å². The molecular formula is C19H15BrN4O5S2. The number of aliphatic hydroxyl groups is 1. The highest BCUT2D eigenvalue weighted by molar-refractivity contribution is 9.10. The second kappa shape index (κ2) is 7.62. The minimum atomic E-state index is -4.09. The van der Waals surface area contributed by atoms with Crippen molar-refractivity contribution < 1.29 is 23.1 Å². The van der Waals surface area contributed by atoms with Crippen molar-refractivity contribution in [1.29, 1.82) is 0 Å². The van der Waals surface area contributed by atoms with Crippen molar-refractivity contribution in [1.82, 2.24) is 14.7 Å². The highest BCUT2D eigenvalue weighted by Gasteiger charge is 2.40. The van der Waals surface area contributed by atoms with E-state index in [1.165, 1.54) is 17.0 Å². The molecule has 1 saturated heterocycles. The third kappa shape index (κ3) is 3.46. The molecule has 9 nitrogen and oxygen atoms in total. The number of halogens is 1. The molecule has 2 aliphatic rings. The van der Waals surface area contributed by atoms with Gasteiger partial charge < -0.3 is 5.11 Å². The number of hydrogen-bond acceptors (Lipinski definition) is 6. The van der Waals surface area contributed by atoms with Crippen molar-refractivity contribution in [3.05, 3.63) is 64.3 Å². The van der Waals surface area contributed by atoms with Crippen LogP contribution in [-0.4, -0.2) is 53.4 Å². The fourth-order valence-corrected chi connectivity index (χ4v) is 5.55. The number of nitrogens with zero attached hydrogens (tertiary/aromatic N) is 3. The highest BCUT2D eigenvalue weighted by atomic mass is 79.9. The number of para-hydroxylation sites is 1. The van der Waals surface area contributed by atoms with Gasteiger partial charge in [-0.2, -0.15) is 0 Å². The van der Waals surface area contributed by atoms with Crippen molar-refractivity contribution in [3.8, 4) is 0 Å². The molecular weight excluding hydrogens is 508 g/mol. The molecule has 0 saturated carbocycles. The van der Waals surface area contributed by atoms with E-state index in [1.807, 2.05) is 0 Å². The van der Waals surface area contributed by atoms with Crippen molar-refractivity contribution in [2.75, 3.05) is 18.5 Å². The molecule has 0 atom stereocenters. The van der Waals surface area contributed by atoms with Crippen LogP contribution >= 0.6 is 28.1 Å². The fraction of sp³-hybridized carbons (Fsp3) is 0.105. The van der Waals surface area contributed by atoms with Crippen molar-refractivity contribution >= 4 is 66.5 Å². The summed E-state index contributed by atoms with van der Waals surface area (Å²) in [6.07, 6.45) is 0. The molecule has 2 aliphatic heterocycles. The summed E-state index contributed by atoms with van der Waals surface area (Å²) in [6.45, 7) is -0.243. The maximum atomic E-state index is 13.0. The lowest BCUT2D eigenvalue weighted by Crippen LogP contribution is -2.48. The maximum absolute atomic E-state index is 13.0. The Balaban J connectivity index is 1.66. The summed E-state index contributed by atoms with van der Waals surface area (Å²) in [4.78, 5) is 26.5. The molecule has 12 heteroatoms. The van der Waals surface area contributed by atoms with Crippen molar-refractivity contribution in [2.24, 2.45) is 0 Å². The van der Waals surface area contributed by atoms with E-state index in [0.717, 1.165) is 12.1 Å². The number of nitrogens with one attached hydrogen (secondary N) is 1. The van der Waals surface area contributed by atoms with Gasteiger partial charge >= 0.3 is 0 Å². The SMILES string of the molecule is CN1C(C(=O)NN2CC(=O)N(c3ccccc3)C2=S)=C(O)c2ccc(Br)cc2S1(=O)=O. The van der Waals surface area contributed by atoms with Gasteiger partial charge in [0.2, 0.25) is 5.11 Å². The number of rotatable bonds is 3. The summed E-state index contributed by atoms with van der Waals surface area (Å²) in [5.74, 6) is -1.80. The second-order valence-electron chi connectivity index (χ2n) is 6.68. The van der Waals surface area contributed by atoms with E-state index in [0.29, 0.717) is 14.5 Å². The molecule has 0 radical (unpaired) electrons. The lowest BCUT2D eigenvalue weighted by atomic mass is 10.1. The minimum Gasteiger partial charge on any atom is -0.505 e. The molecule has 2 aromatic carbocycles. The number of benzene rings is 2. The van der Waals surface area contributed by atoms with Crippen LogP contribution in [0.25, 0.3) is 5.76 Å². The number of hydrazine groups is 1. The van der Waals surface area contributed by atoms with Crippen LogP contribution in [0, 0.1) is 0 Å². The average molecular weight is 523 g/mol. The fourth-order valence-electron chi connectivity index (χ4n) is 3.30. The maximum Gasteiger partial charge on any atom is 0.291 e. The number of thiocarbonyl (C=S) groups is 1.